The molecule has 0 bridgehead atoms. The van der Waals surface area contributed by atoms with E-state index in [9.17, 15) is 13.9 Å². The van der Waals surface area contributed by atoms with Crippen LogP contribution in [0, 0.1) is 0 Å². The Morgan fingerprint density at radius 2 is 1.71 bits per heavy atom. The molecule has 0 saturated carbocycles. The van der Waals surface area contributed by atoms with E-state index in [1.54, 1.807) is 0 Å². The van der Waals surface area contributed by atoms with E-state index >= 15 is 0 Å². The number of hydrogen-bond acceptors (Lipinski definition) is 2. The van der Waals surface area contributed by atoms with Crippen LogP contribution in [0.25, 0.3) is 0 Å². The van der Waals surface area contributed by atoms with Gasteiger partial charge in [0.1, 0.15) is 6.61 Å². The van der Waals surface area contributed by atoms with Crippen LogP contribution in [-0.2, 0) is 4.74 Å². The molecule has 0 saturated heterocycles. The molecule has 0 aliphatic heterocycles. The normalized spacial score (nSPS) is 13.4. The highest BCUT2D eigenvalue weighted by Gasteiger charge is 2.16. The van der Waals surface area contributed by atoms with Gasteiger partial charge in [0.15, 0.2) is 0 Å². The first kappa shape index (κ1) is 18.1. The van der Waals surface area contributed by atoms with E-state index in [-0.39, 0.29) is 6.61 Å². The first-order valence-corrected chi connectivity index (χ1v) is 7.50. The van der Waals surface area contributed by atoms with Gasteiger partial charge in [-0.3, -0.25) is 0 Å². The quantitative estimate of drug-likeness (QED) is 0.709. The van der Waals surface area contributed by atoms with Gasteiger partial charge < -0.3 is 9.84 Å². The zero-order valence-corrected chi connectivity index (χ0v) is 13.3. The van der Waals surface area contributed by atoms with Crippen LogP contribution < -0.4 is 0 Å². The lowest BCUT2D eigenvalue weighted by Crippen LogP contribution is -2.10. The lowest BCUT2D eigenvalue weighted by Gasteiger charge is -2.20. The number of halogens is 2. The van der Waals surface area contributed by atoms with Crippen molar-refractivity contribution >= 4 is 0 Å². The standard InChI is InChI=1S/C17H26F2O2/c1-11(2)13-5-6-14(15(9-13)12(3)4)16(20)7-8-21-10-17(18)19/h5-6,9,11-12,16-17,20H,7-8,10H2,1-4H3. The van der Waals surface area contributed by atoms with Crippen molar-refractivity contribution in [2.24, 2.45) is 0 Å². The summed E-state index contributed by atoms with van der Waals surface area (Å²) in [7, 11) is 0. The Morgan fingerprint density at radius 3 is 2.24 bits per heavy atom. The Bertz CT molecular complexity index is 431. The molecule has 1 unspecified atom stereocenters. The maximum atomic E-state index is 12.0. The fourth-order valence-electron chi connectivity index (χ4n) is 2.28. The van der Waals surface area contributed by atoms with Gasteiger partial charge in [-0.1, -0.05) is 45.9 Å². The molecule has 0 radical (unpaired) electrons. The van der Waals surface area contributed by atoms with Crippen LogP contribution in [0.5, 0.6) is 0 Å². The van der Waals surface area contributed by atoms with Gasteiger partial charge in [-0.2, -0.15) is 0 Å². The number of rotatable bonds is 8. The number of ether oxygens (including phenoxy) is 1. The summed E-state index contributed by atoms with van der Waals surface area (Å²) in [6, 6.07) is 6.10. The van der Waals surface area contributed by atoms with E-state index in [2.05, 4.69) is 33.8 Å². The zero-order chi connectivity index (χ0) is 16.0. The third-order valence-electron chi connectivity index (χ3n) is 3.54. The Morgan fingerprint density at radius 1 is 1.05 bits per heavy atom. The highest BCUT2D eigenvalue weighted by atomic mass is 19.3. The molecule has 1 aromatic carbocycles. The SMILES string of the molecule is CC(C)c1ccc(C(O)CCOCC(F)F)c(C(C)C)c1. The molecule has 4 heteroatoms. The fourth-order valence-corrected chi connectivity index (χ4v) is 2.28. The predicted octanol–water partition coefficient (Wildman–Crippen LogP) is 4.64. The van der Waals surface area contributed by atoms with Crippen LogP contribution in [0.3, 0.4) is 0 Å². The summed E-state index contributed by atoms with van der Waals surface area (Å²) in [6.45, 7) is 8.00. The third-order valence-corrected chi connectivity index (χ3v) is 3.54. The van der Waals surface area contributed by atoms with Crippen LogP contribution in [0.4, 0.5) is 8.78 Å². The van der Waals surface area contributed by atoms with Gasteiger partial charge in [-0.25, -0.2) is 8.78 Å². The second kappa shape index (κ2) is 8.44. The maximum Gasteiger partial charge on any atom is 0.261 e. The minimum Gasteiger partial charge on any atom is -0.388 e. The minimum atomic E-state index is -2.46. The van der Waals surface area contributed by atoms with E-state index in [0.717, 1.165) is 11.1 Å². The Balaban J connectivity index is 2.76. The van der Waals surface area contributed by atoms with Crippen molar-refractivity contribution in [2.45, 2.75) is 58.5 Å². The third kappa shape index (κ3) is 5.71. The van der Waals surface area contributed by atoms with Crippen molar-refractivity contribution < 1.29 is 18.6 Å². The summed E-state index contributed by atoms with van der Waals surface area (Å²) >= 11 is 0. The Hall–Kier alpha value is -1.00. The average Bonchev–Trinajstić information content (AvgIpc) is 2.42. The lowest BCUT2D eigenvalue weighted by molar-refractivity contribution is 0.00471. The van der Waals surface area contributed by atoms with E-state index in [0.29, 0.717) is 18.3 Å². The van der Waals surface area contributed by atoms with Crippen molar-refractivity contribution in [3.05, 3.63) is 34.9 Å². The van der Waals surface area contributed by atoms with Crippen molar-refractivity contribution in [3.63, 3.8) is 0 Å². The summed E-state index contributed by atoms with van der Waals surface area (Å²) in [5.41, 5.74) is 3.22. The summed E-state index contributed by atoms with van der Waals surface area (Å²) < 4.78 is 28.8. The molecule has 0 fully saturated rings. The van der Waals surface area contributed by atoms with E-state index in [1.807, 2.05) is 12.1 Å². The molecule has 0 aliphatic rings. The number of benzene rings is 1. The van der Waals surface area contributed by atoms with Gasteiger partial charge in [-0.15, -0.1) is 0 Å². The molecule has 0 aromatic heterocycles. The second-order valence-electron chi connectivity index (χ2n) is 5.97. The Labute approximate surface area is 126 Å². The second-order valence-corrected chi connectivity index (χ2v) is 5.97. The predicted molar refractivity (Wildman–Crippen MR) is 81.0 cm³/mol. The molecule has 0 amide bonds. The summed E-state index contributed by atoms with van der Waals surface area (Å²) in [5, 5.41) is 10.3. The number of alkyl halides is 2. The van der Waals surface area contributed by atoms with Gasteiger partial charge in [0.2, 0.25) is 0 Å². The van der Waals surface area contributed by atoms with Crippen molar-refractivity contribution in [2.75, 3.05) is 13.2 Å². The van der Waals surface area contributed by atoms with Crippen LogP contribution >= 0.6 is 0 Å². The molecular formula is C17H26F2O2. The van der Waals surface area contributed by atoms with Crippen LogP contribution in [0.1, 0.15) is 68.7 Å². The molecule has 1 aromatic rings. The van der Waals surface area contributed by atoms with Gasteiger partial charge in [0.25, 0.3) is 6.43 Å². The van der Waals surface area contributed by atoms with Gasteiger partial charge >= 0.3 is 0 Å². The molecule has 0 spiro atoms. The molecule has 1 N–H and O–H groups in total. The molecule has 2 nitrogen and oxygen atoms in total. The highest BCUT2D eigenvalue weighted by Crippen LogP contribution is 2.30. The first-order valence-electron chi connectivity index (χ1n) is 7.50. The maximum absolute atomic E-state index is 12.0. The number of aliphatic hydroxyl groups excluding tert-OH is 1. The molecule has 1 atom stereocenters. The monoisotopic (exact) mass is 300 g/mol. The van der Waals surface area contributed by atoms with E-state index in [1.165, 1.54) is 5.56 Å². The van der Waals surface area contributed by atoms with Crippen molar-refractivity contribution in [1.29, 1.82) is 0 Å². The van der Waals surface area contributed by atoms with Gasteiger partial charge in [0.05, 0.1) is 6.10 Å². The highest BCUT2D eigenvalue weighted by molar-refractivity contribution is 5.36. The molecule has 1 rings (SSSR count). The van der Waals surface area contributed by atoms with Crippen LogP contribution in [-0.4, -0.2) is 24.7 Å². The lowest BCUT2D eigenvalue weighted by atomic mass is 9.89. The number of hydrogen-bond donors (Lipinski definition) is 1. The molecule has 0 aliphatic carbocycles. The summed E-state index contributed by atoms with van der Waals surface area (Å²) in [4.78, 5) is 0. The minimum absolute atomic E-state index is 0.134. The van der Waals surface area contributed by atoms with Gasteiger partial charge in [-0.05, 0) is 28.5 Å². The summed E-state index contributed by atoms with van der Waals surface area (Å²) in [6.07, 6.45) is -2.81. The van der Waals surface area contributed by atoms with Crippen molar-refractivity contribution in [1.82, 2.24) is 0 Å². The van der Waals surface area contributed by atoms with E-state index in [4.69, 9.17) is 4.74 Å². The molecule has 120 valence electrons. The Kier molecular flexibility index (Phi) is 7.26. The number of aliphatic hydroxyl groups is 1. The smallest absolute Gasteiger partial charge is 0.261 e. The van der Waals surface area contributed by atoms with Crippen molar-refractivity contribution in [3.8, 4) is 0 Å². The topological polar surface area (TPSA) is 29.5 Å². The summed E-state index contributed by atoms with van der Waals surface area (Å²) in [5.74, 6) is 0.735. The van der Waals surface area contributed by atoms with Crippen LogP contribution in [0.15, 0.2) is 18.2 Å². The zero-order valence-electron chi connectivity index (χ0n) is 13.3. The van der Waals surface area contributed by atoms with E-state index < -0.39 is 19.1 Å². The fraction of sp³-hybridized carbons (Fsp3) is 0.647. The first-order chi connectivity index (χ1) is 9.82. The largest absolute Gasteiger partial charge is 0.388 e. The molecular weight excluding hydrogens is 274 g/mol. The van der Waals surface area contributed by atoms with Gasteiger partial charge in [0, 0.05) is 13.0 Å². The average molecular weight is 300 g/mol. The van der Waals surface area contributed by atoms with Crippen LogP contribution in [0.2, 0.25) is 0 Å². The molecule has 0 heterocycles. The molecule has 21 heavy (non-hydrogen) atoms.